The Labute approximate surface area is 209 Å². The van der Waals surface area contributed by atoms with Crippen molar-refractivity contribution in [3.8, 4) is 5.75 Å². The highest BCUT2D eigenvalue weighted by Crippen LogP contribution is 2.60. The zero-order chi connectivity index (χ0) is 25.0. The van der Waals surface area contributed by atoms with Crippen molar-refractivity contribution in [2.45, 2.75) is 104 Å². The Morgan fingerprint density at radius 2 is 1.89 bits per heavy atom. The largest absolute Gasteiger partial charge is 0.508 e. The van der Waals surface area contributed by atoms with Crippen molar-refractivity contribution in [2.24, 2.45) is 23.7 Å². The molecule has 0 aromatic heterocycles. The fourth-order valence-electron chi connectivity index (χ4n) is 6.96. The van der Waals surface area contributed by atoms with E-state index in [0.29, 0.717) is 17.6 Å². The van der Waals surface area contributed by atoms with Crippen LogP contribution in [0.5, 0.6) is 5.75 Å². The fourth-order valence-corrected chi connectivity index (χ4v) is 6.96. The third kappa shape index (κ3) is 4.32. The highest BCUT2D eigenvalue weighted by atomic mass is 17.3. The maximum absolute atomic E-state index is 10.7. The Balaban J connectivity index is 1.34. The van der Waals surface area contributed by atoms with Gasteiger partial charge in [-0.25, -0.2) is 9.78 Å². The number of aromatic hydroxyl groups is 1. The summed E-state index contributed by atoms with van der Waals surface area (Å²) in [6, 6.07) is 5.90. The lowest BCUT2D eigenvalue weighted by Gasteiger charge is -2.60. The van der Waals surface area contributed by atoms with E-state index in [0.717, 1.165) is 50.0 Å². The van der Waals surface area contributed by atoms with Gasteiger partial charge in [-0.2, -0.15) is 0 Å². The van der Waals surface area contributed by atoms with Gasteiger partial charge in [0.05, 0.1) is 6.10 Å². The summed E-state index contributed by atoms with van der Waals surface area (Å²) in [5, 5.41) is 10.7. The second-order valence-corrected chi connectivity index (χ2v) is 11.4. The summed E-state index contributed by atoms with van der Waals surface area (Å²) < 4.78 is 19.5. The first-order valence-corrected chi connectivity index (χ1v) is 13.6. The van der Waals surface area contributed by atoms with E-state index in [1.165, 1.54) is 6.42 Å². The third-order valence-electron chi connectivity index (χ3n) is 9.30. The predicted molar refractivity (Wildman–Crippen MR) is 131 cm³/mol. The molecule has 6 rings (SSSR count). The molecule has 0 radical (unpaired) electrons. The van der Waals surface area contributed by atoms with Gasteiger partial charge in [-0.05, 0) is 69.7 Å². The molecule has 7 heteroatoms. The average Bonchev–Trinajstić information content (AvgIpc) is 3.07. The molecule has 4 aliphatic heterocycles. The maximum Gasteiger partial charge on any atom is 0.201 e. The molecule has 7 nitrogen and oxygen atoms in total. The van der Waals surface area contributed by atoms with E-state index in [4.69, 9.17) is 24.0 Å². The molecule has 35 heavy (non-hydrogen) atoms. The van der Waals surface area contributed by atoms with E-state index in [-0.39, 0.29) is 17.9 Å². The van der Waals surface area contributed by atoms with Gasteiger partial charge in [0.25, 0.3) is 0 Å². The molecule has 196 valence electrons. The molecule has 0 amide bonds. The van der Waals surface area contributed by atoms with Gasteiger partial charge in [-0.1, -0.05) is 39.8 Å². The number of hydrogen-bond donors (Lipinski definition) is 1. The Hall–Kier alpha value is -1.22. The molecule has 1 aliphatic carbocycles. The van der Waals surface area contributed by atoms with E-state index >= 15 is 0 Å². The van der Waals surface area contributed by atoms with Crippen molar-refractivity contribution in [3.63, 3.8) is 0 Å². The molecule has 4 saturated heterocycles. The summed E-state index contributed by atoms with van der Waals surface area (Å²) in [7, 11) is 0. The molecule has 1 spiro atoms. The minimum atomic E-state index is -0.791. The SMILES string of the molecule is CCN(CC)Cc1ccc(C(C)O[C@H]2O[C@@H]3O[C@]4(C)CC[C@H]5[C@H](C)CC[C@@H]([C@H]2C)[C@@]35OO4)cc1O. The Kier molecular flexibility index (Phi) is 6.96. The van der Waals surface area contributed by atoms with Gasteiger partial charge in [0.2, 0.25) is 5.79 Å². The van der Waals surface area contributed by atoms with Crippen LogP contribution in [0.2, 0.25) is 0 Å². The zero-order valence-electron chi connectivity index (χ0n) is 22.2. The van der Waals surface area contributed by atoms with Crippen LogP contribution in [-0.4, -0.2) is 47.1 Å². The lowest BCUT2D eigenvalue weighted by atomic mass is 9.58. The summed E-state index contributed by atoms with van der Waals surface area (Å²) in [5.74, 6) is 0.744. The number of phenols is 1. The van der Waals surface area contributed by atoms with Crippen LogP contribution in [0.3, 0.4) is 0 Å². The number of rotatable bonds is 7. The summed E-state index contributed by atoms with van der Waals surface area (Å²) in [5.41, 5.74) is 1.29. The number of phenolic OH excluding ortho intramolecular Hbond substituents is 1. The molecule has 1 N–H and O–H groups in total. The second-order valence-electron chi connectivity index (χ2n) is 11.4. The molecular weight excluding hydrogens is 446 g/mol. The van der Waals surface area contributed by atoms with Crippen LogP contribution < -0.4 is 0 Å². The Morgan fingerprint density at radius 3 is 2.60 bits per heavy atom. The van der Waals surface area contributed by atoms with Gasteiger partial charge in [0.1, 0.15) is 5.75 Å². The van der Waals surface area contributed by atoms with Crippen LogP contribution in [0.4, 0.5) is 0 Å². The Morgan fingerprint density at radius 1 is 1.11 bits per heavy atom. The van der Waals surface area contributed by atoms with Crippen LogP contribution in [0.25, 0.3) is 0 Å². The molecule has 5 fully saturated rings. The first-order valence-electron chi connectivity index (χ1n) is 13.6. The minimum absolute atomic E-state index is 0.119. The summed E-state index contributed by atoms with van der Waals surface area (Å²) in [4.78, 5) is 14.4. The van der Waals surface area contributed by atoms with Crippen LogP contribution in [0, 0.1) is 23.7 Å². The lowest BCUT2D eigenvalue weighted by molar-refractivity contribution is -0.578. The van der Waals surface area contributed by atoms with Crippen LogP contribution in [0.15, 0.2) is 18.2 Å². The summed E-state index contributed by atoms with van der Waals surface area (Å²) in [6.45, 7) is 15.4. The van der Waals surface area contributed by atoms with Gasteiger partial charge in [0.15, 0.2) is 18.2 Å². The summed E-state index contributed by atoms with van der Waals surface area (Å²) in [6.07, 6.45) is 2.84. The summed E-state index contributed by atoms with van der Waals surface area (Å²) >= 11 is 0. The van der Waals surface area contributed by atoms with Crippen molar-refractivity contribution >= 4 is 0 Å². The van der Waals surface area contributed by atoms with Crippen LogP contribution >= 0.6 is 0 Å². The predicted octanol–water partition coefficient (Wildman–Crippen LogP) is 5.52. The van der Waals surface area contributed by atoms with E-state index in [1.54, 1.807) is 0 Å². The first kappa shape index (κ1) is 25.4. The topological polar surface area (TPSA) is 69.6 Å². The maximum atomic E-state index is 10.7. The second kappa shape index (κ2) is 9.58. The van der Waals surface area contributed by atoms with E-state index in [9.17, 15) is 5.11 Å². The van der Waals surface area contributed by atoms with Crippen molar-refractivity contribution in [1.82, 2.24) is 4.90 Å². The van der Waals surface area contributed by atoms with Gasteiger partial charge >= 0.3 is 0 Å². The minimum Gasteiger partial charge on any atom is -0.508 e. The Bertz CT molecular complexity index is 907. The highest BCUT2D eigenvalue weighted by molar-refractivity contribution is 5.37. The molecule has 9 atom stereocenters. The van der Waals surface area contributed by atoms with Gasteiger partial charge in [0, 0.05) is 30.4 Å². The smallest absolute Gasteiger partial charge is 0.201 e. The standard InChI is InChI=1S/C28H43NO6/c1-7-29(8-2)16-21-11-10-20(15-24(21)30)19(5)31-25-18(4)23-12-9-17(3)22-13-14-27(6)33-26(32-25)28(22,23)35-34-27/h10-11,15,17-19,22-23,25-26,30H,7-9,12-14,16H2,1-6H3/t17-,18-,19?,22+,23+,25+,26-,27+,28-/m1/s1. The first-order chi connectivity index (χ1) is 16.7. The monoisotopic (exact) mass is 489 g/mol. The van der Waals surface area contributed by atoms with Crippen molar-refractivity contribution < 1.29 is 29.1 Å². The quantitative estimate of drug-likeness (QED) is 0.506. The fraction of sp³-hybridized carbons (Fsp3) is 0.786. The van der Waals surface area contributed by atoms with Crippen LogP contribution in [0.1, 0.15) is 84.5 Å². The van der Waals surface area contributed by atoms with E-state index in [2.05, 4.69) is 38.7 Å². The molecule has 1 aromatic rings. The third-order valence-corrected chi connectivity index (χ3v) is 9.30. The number of benzene rings is 1. The van der Waals surface area contributed by atoms with E-state index in [1.807, 2.05) is 26.0 Å². The van der Waals surface area contributed by atoms with Gasteiger partial charge in [-0.3, -0.25) is 4.90 Å². The molecule has 1 aromatic carbocycles. The van der Waals surface area contributed by atoms with Gasteiger partial charge in [-0.15, -0.1) is 0 Å². The average molecular weight is 490 g/mol. The van der Waals surface area contributed by atoms with E-state index < -0.39 is 24.0 Å². The number of fused-ring (bicyclic) bond motifs is 2. The number of nitrogens with zero attached hydrogens (tertiary/aromatic N) is 1. The molecular formula is C28H43NO6. The zero-order valence-corrected chi connectivity index (χ0v) is 22.2. The van der Waals surface area contributed by atoms with Crippen molar-refractivity contribution in [1.29, 1.82) is 0 Å². The van der Waals surface area contributed by atoms with Crippen molar-refractivity contribution in [3.05, 3.63) is 29.3 Å². The van der Waals surface area contributed by atoms with Crippen molar-refractivity contribution in [2.75, 3.05) is 13.1 Å². The molecule has 1 unspecified atom stereocenters. The van der Waals surface area contributed by atoms with Crippen LogP contribution in [-0.2, 0) is 30.5 Å². The molecule has 5 aliphatic rings. The highest BCUT2D eigenvalue weighted by Gasteiger charge is 2.69. The lowest BCUT2D eigenvalue weighted by Crippen LogP contribution is -2.70. The molecule has 1 saturated carbocycles. The number of hydrogen-bond acceptors (Lipinski definition) is 7. The van der Waals surface area contributed by atoms with Gasteiger partial charge < -0.3 is 19.3 Å². The molecule has 2 bridgehead atoms. The molecule has 4 heterocycles. The number of ether oxygens (including phenoxy) is 3. The normalized spacial score (nSPS) is 41.5.